The minimum atomic E-state index is -3.71. The number of hydrogen-bond donors (Lipinski definition) is 0. The molecule has 0 spiro atoms. The van der Waals surface area contributed by atoms with E-state index in [1.165, 1.54) is 23.9 Å². The first-order valence-corrected chi connectivity index (χ1v) is 15.5. The van der Waals surface area contributed by atoms with E-state index in [9.17, 15) is 18.0 Å². The Kier molecular flexibility index (Phi) is 8.45. The smallest absolute Gasteiger partial charge is 0.332 e. The molecule has 0 amide bonds. The van der Waals surface area contributed by atoms with E-state index in [-0.39, 0.29) is 18.8 Å². The van der Waals surface area contributed by atoms with Gasteiger partial charge in [0.05, 0.1) is 17.6 Å². The highest BCUT2D eigenvalue weighted by atomic mass is 32.2. The number of sulfone groups is 1. The maximum Gasteiger partial charge on any atom is 0.332 e. The summed E-state index contributed by atoms with van der Waals surface area (Å²) >= 11 is 0. The van der Waals surface area contributed by atoms with E-state index in [0.29, 0.717) is 5.56 Å². The molecule has 4 aromatic rings. The summed E-state index contributed by atoms with van der Waals surface area (Å²) in [5.41, 5.74) is 0.879. The monoisotopic (exact) mass is 586 g/mol. The van der Waals surface area contributed by atoms with Crippen molar-refractivity contribution in [2.45, 2.75) is 36.5 Å². The summed E-state index contributed by atoms with van der Waals surface area (Å²) in [4.78, 5) is 25.4. The van der Waals surface area contributed by atoms with Gasteiger partial charge in [-0.15, -0.1) is 6.58 Å². The molecule has 1 fully saturated rings. The van der Waals surface area contributed by atoms with Gasteiger partial charge in [-0.25, -0.2) is 13.2 Å². The van der Waals surface area contributed by atoms with E-state index in [1.807, 2.05) is 91.0 Å². The number of benzene rings is 3. The van der Waals surface area contributed by atoms with Crippen LogP contribution in [0, 0.1) is 6.92 Å². The van der Waals surface area contributed by atoms with Crippen LogP contribution in [0.25, 0.3) is 0 Å². The van der Waals surface area contributed by atoms with Gasteiger partial charge in [0.15, 0.2) is 9.84 Å². The fourth-order valence-electron chi connectivity index (χ4n) is 5.71. The van der Waals surface area contributed by atoms with Gasteiger partial charge in [0.1, 0.15) is 17.9 Å². The number of rotatable bonds is 10. The number of hydrogen-bond acceptors (Lipinski definition) is 6. The quantitative estimate of drug-likeness (QED) is 0.205. The van der Waals surface area contributed by atoms with Gasteiger partial charge < -0.3 is 9.47 Å². The Bertz CT molecular complexity index is 1670. The molecule has 0 saturated carbocycles. The van der Waals surface area contributed by atoms with Crippen LogP contribution < -0.4 is 11.2 Å². The lowest BCUT2D eigenvalue weighted by molar-refractivity contribution is -0.0770. The minimum Gasteiger partial charge on any atom is -0.358 e. The van der Waals surface area contributed by atoms with E-state index < -0.39 is 44.3 Å². The van der Waals surface area contributed by atoms with Crippen molar-refractivity contribution in [2.24, 2.45) is 7.05 Å². The maximum absolute atomic E-state index is 13.5. The van der Waals surface area contributed by atoms with Crippen molar-refractivity contribution in [2.75, 3.05) is 12.4 Å². The molecule has 3 aromatic carbocycles. The molecule has 0 N–H and O–H groups in total. The average molecular weight is 587 g/mol. The third kappa shape index (κ3) is 5.43. The summed E-state index contributed by atoms with van der Waals surface area (Å²) < 4.78 is 42.5. The second-order valence-corrected chi connectivity index (χ2v) is 12.7. The molecule has 0 radical (unpaired) electrons. The first kappa shape index (κ1) is 29.4. The Morgan fingerprint density at radius 1 is 0.929 bits per heavy atom. The topological polar surface area (TPSA) is 96.6 Å². The molecular weight excluding hydrogens is 552 g/mol. The summed E-state index contributed by atoms with van der Waals surface area (Å²) in [6, 6.07) is 29.3. The van der Waals surface area contributed by atoms with Crippen molar-refractivity contribution in [3.05, 3.63) is 153 Å². The van der Waals surface area contributed by atoms with Gasteiger partial charge >= 0.3 is 5.69 Å². The minimum absolute atomic E-state index is 0.0246. The molecule has 2 heterocycles. The molecule has 42 heavy (non-hydrogen) atoms. The average Bonchev–Trinajstić information content (AvgIpc) is 3.45. The molecule has 9 heteroatoms. The van der Waals surface area contributed by atoms with Gasteiger partial charge in [0, 0.05) is 25.2 Å². The van der Waals surface area contributed by atoms with Crippen molar-refractivity contribution in [3.63, 3.8) is 0 Å². The summed E-state index contributed by atoms with van der Waals surface area (Å²) in [5, 5.41) is -0.968. The van der Waals surface area contributed by atoms with Crippen molar-refractivity contribution in [3.8, 4) is 0 Å². The first-order chi connectivity index (χ1) is 20.2. The third-order valence-corrected chi connectivity index (χ3v) is 9.91. The molecule has 1 aliphatic rings. The highest BCUT2D eigenvalue weighted by Crippen LogP contribution is 2.42. The summed E-state index contributed by atoms with van der Waals surface area (Å²) in [6.45, 7) is 5.14. The second-order valence-electron chi connectivity index (χ2n) is 10.5. The predicted octanol–water partition coefficient (Wildman–Crippen LogP) is 4.12. The van der Waals surface area contributed by atoms with Crippen molar-refractivity contribution in [1.29, 1.82) is 0 Å². The lowest BCUT2D eigenvalue weighted by Gasteiger charge is -2.37. The molecule has 0 bridgehead atoms. The fraction of sp³-hybridized carbons (Fsp3) is 0.273. The van der Waals surface area contributed by atoms with Crippen LogP contribution in [0.3, 0.4) is 0 Å². The van der Waals surface area contributed by atoms with Crippen molar-refractivity contribution < 1.29 is 17.9 Å². The summed E-state index contributed by atoms with van der Waals surface area (Å²) in [7, 11) is -2.32. The summed E-state index contributed by atoms with van der Waals surface area (Å²) in [5.74, 6) is -0.243. The predicted molar refractivity (Wildman–Crippen MR) is 162 cm³/mol. The largest absolute Gasteiger partial charge is 0.358 e. The van der Waals surface area contributed by atoms with Crippen LogP contribution in [0.15, 0.2) is 119 Å². The highest BCUT2D eigenvalue weighted by molar-refractivity contribution is 7.92. The van der Waals surface area contributed by atoms with E-state index >= 15 is 0 Å². The first-order valence-electron chi connectivity index (χ1n) is 13.8. The Hall–Kier alpha value is -4.05. The van der Waals surface area contributed by atoms with Crippen molar-refractivity contribution >= 4 is 9.84 Å². The number of aryl methyl sites for hydroxylation is 1. The molecule has 1 aliphatic heterocycles. The SMILES string of the molecule is C=CCS(=O)(=O)[C@H]1C[C@H](n2cc(C)c(=O)n(C)c2=O)O[C@@H]1COC(c1ccccc1)(c1ccccc1)c1ccccc1. The lowest BCUT2D eigenvalue weighted by Crippen LogP contribution is -2.41. The van der Waals surface area contributed by atoms with E-state index in [1.54, 1.807) is 6.92 Å². The summed E-state index contributed by atoms with van der Waals surface area (Å²) in [6.07, 6.45) is 1.00. The van der Waals surface area contributed by atoms with Crippen LogP contribution in [0.5, 0.6) is 0 Å². The number of aromatic nitrogens is 2. The number of ether oxygens (including phenoxy) is 2. The van der Waals surface area contributed by atoms with Gasteiger partial charge in [-0.2, -0.15) is 0 Å². The zero-order valence-electron chi connectivity index (χ0n) is 23.6. The Morgan fingerprint density at radius 3 is 1.90 bits per heavy atom. The fourth-order valence-corrected chi connectivity index (χ4v) is 7.35. The van der Waals surface area contributed by atoms with E-state index in [0.717, 1.165) is 21.3 Å². The zero-order chi connectivity index (χ0) is 29.9. The van der Waals surface area contributed by atoms with Gasteiger partial charge in [-0.1, -0.05) is 97.1 Å². The van der Waals surface area contributed by atoms with Crippen LogP contribution in [-0.2, 0) is 32.0 Å². The maximum atomic E-state index is 13.5. The molecule has 5 rings (SSSR count). The standard InChI is InChI=1S/C33H34N2O6S/c1-4-20-42(38,39)29-21-30(35-22-24(2)31(36)34(3)32(35)37)41-28(29)23-40-33(25-14-8-5-9-15-25,26-16-10-6-11-17-26)27-18-12-7-13-19-27/h4-19,22,28-30H,1,20-21,23H2,2-3H3/t28-,29+,30-/m1/s1. The molecule has 8 nitrogen and oxygen atoms in total. The van der Waals surface area contributed by atoms with E-state index in [4.69, 9.17) is 9.47 Å². The molecule has 218 valence electrons. The Morgan fingerprint density at radius 2 is 1.43 bits per heavy atom. The molecule has 0 unspecified atom stereocenters. The van der Waals surface area contributed by atoms with Crippen LogP contribution in [0.4, 0.5) is 0 Å². The van der Waals surface area contributed by atoms with Gasteiger partial charge in [-0.05, 0) is 23.6 Å². The lowest BCUT2D eigenvalue weighted by atomic mass is 9.80. The zero-order valence-corrected chi connectivity index (χ0v) is 24.4. The van der Waals surface area contributed by atoms with Gasteiger partial charge in [-0.3, -0.25) is 13.9 Å². The molecular formula is C33H34N2O6S. The Balaban J connectivity index is 1.60. The van der Waals surface area contributed by atoms with Gasteiger partial charge in [0.25, 0.3) is 5.56 Å². The molecule has 0 aliphatic carbocycles. The second kappa shape index (κ2) is 12.1. The van der Waals surface area contributed by atoms with Crippen LogP contribution >= 0.6 is 0 Å². The van der Waals surface area contributed by atoms with Gasteiger partial charge in [0.2, 0.25) is 0 Å². The molecule has 3 atom stereocenters. The van der Waals surface area contributed by atoms with Crippen LogP contribution in [0.2, 0.25) is 0 Å². The Labute approximate surface area is 245 Å². The third-order valence-electron chi connectivity index (χ3n) is 7.79. The molecule has 1 saturated heterocycles. The normalized spacial score (nSPS) is 19.0. The van der Waals surface area contributed by atoms with Crippen LogP contribution in [0.1, 0.15) is 34.9 Å². The number of nitrogens with zero attached hydrogens (tertiary/aromatic N) is 2. The molecule has 1 aromatic heterocycles. The highest BCUT2D eigenvalue weighted by Gasteiger charge is 2.46. The van der Waals surface area contributed by atoms with Crippen molar-refractivity contribution in [1.82, 2.24) is 9.13 Å². The van der Waals surface area contributed by atoms with E-state index in [2.05, 4.69) is 6.58 Å². The van der Waals surface area contributed by atoms with Crippen LogP contribution in [-0.4, -0.2) is 41.3 Å².